The SMILES string of the molecule is CC(C)(NOS(=O)(=O)O)C(CO)NC(=O)/C(=N\OCc1cc(=O)c(O)cn1O)c1csc(N)n1. The molecule has 0 radical (unpaired) electrons. The predicted molar refractivity (Wildman–Crippen MR) is 116 cm³/mol. The van der Waals surface area contributed by atoms with E-state index in [9.17, 15) is 33.4 Å². The number of hydroxylamine groups is 1. The highest BCUT2D eigenvalue weighted by molar-refractivity contribution is 7.80. The third-order valence-electron chi connectivity index (χ3n) is 4.21. The smallest absolute Gasteiger partial charge is 0.413 e. The maximum Gasteiger partial charge on any atom is 0.413 e. The summed E-state index contributed by atoms with van der Waals surface area (Å²) in [6.45, 7) is 1.52. The van der Waals surface area contributed by atoms with Gasteiger partial charge in [-0.1, -0.05) is 5.16 Å². The summed E-state index contributed by atoms with van der Waals surface area (Å²) in [6, 6.07) is -0.293. The van der Waals surface area contributed by atoms with E-state index in [0.29, 0.717) is 4.73 Å². The van der Waals surface area contributed by atoms with Crippen LogP contribution in [0.25, 0.3) is 0 Å². The Balaban J connectivity index is 2.25. The second-order valence-corrected chi connectivity index (χ2v) is 9.10. The molecule has 1 unspecified atom stereocenters. The summed E-state index contributed by atoms with van der Waals surface area (Å²) in [4.78, 5) is 33.4. The third-order valence-corrected chi connectivity index (χ3v) is 5.17. The number of nitrogens with two attached hydrogens (primary N) is 1. The number of aliphatic hydroxyl groups excluding tert-OH is 1. The van der Waals surface area contributed by atoms with Crippen molar-refractivity contribution in [1.29, 1.82) is 0 Å². The van der Waals surface area contributed by atoms with E-state index in [1.807, 2.05) is 5.48 Å². The van der Waals surface area contributed by atoms with Gasteiger partial charge in [0.1, 0.15) is 11.4 Å². The Morgan fingerprint density at radius 3 is 2.68 bits per heavy atom. The van der Waals surface area contributed by atoms with Crippen molar-refractivity contribution in [3.8, 4) is 5.75 Å². The highest BCUT2D eigenvalue weighted by atomic mass is 32.3. The molecule has 0 spiro atoms. The highest BCUT2D eigenvalue weighted by Crippen LogP contribution is 2.15. The average molecular weight is 523 g/mol. The molecule has 2 aromatic heterocycles. The van der Waals surface area contributed by atoms with Gasteiger partial charge in [-0.15, -0.1) is 11.3 Å². The maximum atomic E-state index is 12.9. The molecule has 8 N–H and O–H groups in total. The van der Waals surface area contributed by atoms with Gasteiger partial charge in [-0.25, -0.2) is 4.98 Å². The maximum absolute atomic E-state index is 12.9. The Hall–Kier alpha value is -3.29. The predicted octanol–water partition coefficient (Wildman–Crippen LogP) is -1.67. The summed E-state index contributed by atoms with van der Waals surface area (Å²) in [5, 5.41) is 36.3. The number of aromatic nitrogens is 2. The first-order valence-electron chi connectivity index (χ1n) is 9.13. The first-order valence-corrected chi connectivity index (χ1v) is 11.4. The normalized spacial score (nSPS) is 13.5. The van der Waals surface area contributed by atoms with Gasteiger partial charge < -0.3 is 31.3 Å². The molecule has 0 aliphatic rings. The minimum atomic E-state index is -4.86. The van der Waals surface area contributed by atoms with Crippen molar-refractivity contribution in [3.63, 3.8) is 0 Å². The van der Waals surface area contributed by atoms with E-state index in [0.717, 1.165) is 23.6 Å². The van der Waals surface area contributed by atoms with Crippen LogP contribution in [0.2, 0.25) is 0 Å². The number of hydrogen-bond acceptors (Lipinski definition) is 14. The minimum absolute atomic E-state index is 0.0104. The second-order valence-electron chi connectivity index (χ2n) is 7.19. The number of nitrogens with one attached hydrogen (secondary N) is 2. The van der Waals surface area contributed by atoms with Gasteiger partial charge in [0, 0.05) is 11.4 Å². The molecule has 2 heterocycles. The quantitative estimate of drug-likeness (QED) is 0.0755. The fraction of sp³-hybridized carbons (Fsp3) is 0.375. The van der Waals surface area contributed by atoms with Gasteiger partial charge >= 0.3 is 10.4 Å². The van der Waals surface area contributed by atoms with Crippen LogP contribution in [-0.4, -0.2) is 67.9 Å². The summed E-state index contributed by atoms with van der Waals surface area (Å²) in [5.74, 6) is -1.63. The van der Waals surface area contributed by atoms with Crippen LogP contribution in [0.1, 0.15) is 25.2 Å². The molecule has 1 amide bonds. The van der Waals surface area contributed by atoms with E-state index in [4.69, 9.17) is 15.1 Å². The second kappa shape index (κ2) is 10.8. The van der Waals surface area contributed by atoms with Gasteiger partial charge in [0.25, 0.3) is 5.91 Å². The van der Waals surface area contributed by atoms with Crippen molar-refractivity contribution in [2.45, 2.75) is 32.0 Å². The van der Waals surface area contributed by atoms with Crippen LogP contribution in [0.15, 0.2) is 27.6 Å². The Labute approximate surface area is 196 Å². The number of carbonyl (C=O) groups is 1. The van der Waals surface area contributed by atoms with E-state index >= 15 is 0 Å². The van der Waals surface area contributed by atoms with Crippen molar-refractivity contribution in [3.05, 3.63) is 39.3 Å². The first kappa shape index (κ1) is 27.0. The van der Waals surface area contributed by atoms with Crippen molar-refractivity contribution >= 4 is 38.5 Å². The van der Waals surface area contributed by atoms with Gasteiger partial charge in [-0.2, -0.15) is 22.9 Å². The van der Waals surface area contributed by atoms with Crippen LogP contribution in [0.3, 0.4) is 0 Å². The lowest BCUT2D eigenvalue weighted by Gasteiger charge is -2.33. The fourth-order valence-electron chi connectivity index (χ4n) is 2.34. The van der Waals surface area contributed by atoms with Crippen molar-refractivity contribution in [2.75, 3.05) is 12.3 Å². The number of aromatic hydroxyl groups is 1. The van der Waals surface area contributed by atoms with Gasteiger partial charge in [-0.05, 0) is 13.8 Å². The zero-order chi connectivity index (χ0) is 25.7. The van der Waals surface area contributed by atoms with Crippen LogP contribution in [0.5, 0.6) is 5.75 Å². The van der Waals surface area contributed by atoms with E-state index in [1.165, 1.54) is 19.2 Å². The number of nitrogens with zero attached hydrogens (tertiary/aromatic N) is 3. The number of amides is 1. The number of pyridine rings is 1. The molecule has 0 aliphatic carbocycles. The lowest BCUT2D eigenvalue weighted by Crippen LogP contribution is -2.60. The number of aliphatic hydroxyl groups is 1. The van der Waals surface area contributed by atoms with Gasteiger partial charge in [0.05, 0.1) is 24.4 Å². The van der Waals surface area contributed by atoms with Gasteiger partial charge in [0.15, 0.2) is 23.2 Å². The minimum Gasteiger partial charge on any atom is -0.503 e. The van der Waals surface area contributed by atoms with E-state index < -0.39 is 58.0 Å². The molecule has 18 heteroatoms. The number of oxime groups is 1. The molecule has 0 saturated carbocycles. The lowest BCUT2D eigenvalue weighted by atomic mass is 9.96. The lowest BCUT2D eigenvalue weighted by molar-refractivity contribution is -0.116. The fourth-order valence-corrected chi connectivity index (χ4v) is 3.21. The monoisotopic (exact) mass is 522 g/mol. The summed E-state index contributed by atoms with van der Waals surface area (Å²) >= 11 is 0.988. The van der Waals surface area contributed by atoms with Crippen molar-refractivity contribution in [2.24, 2.45) is 5.16 Å². The number of carbonyl (C=O) groups excluding carboxylic acids is 1. The van der Waals surface area contributed by atoms with Crippen molar-refractivity contribution in [1.82, 2.24) is 20.5 Å². The van der Waals surface area contributed by atoms with E-state index in [2.05, 4.69) is 19.7 Å². The summed E-state index contributed by atoms with van der Waals surface area (Å²) in [6.07, 6.45) is 0.745. The average Bonchev–Trinajstić information content (AvgIpc) is 3.16. The largest absolute Gasteiger partial charge is 0.503 e. The molecule has 0 aromatic carbocycles. The van der Waals surface area contributed by atoms with Crippen LogP contribution in [-0.2, 0) is 30.9 Å². The molecule has 2 rings (SSSR count). The molecule has 2 aromatic rings. The Kier molecular flexibility index (Phi) is 8.53. The Bertz CT molecular complexity index is 1220. The molecular formula is C16H22N6O10S2. The molecule has 34 heavy (non-hydrogen) atoms. The van der Waals surface area contributed by atoms with Crippen LogP contribution in [0, 0.1) is 0 Å². The molecule has 188 valence electrons. The summed E-state index contributed by atoms with van der Waals surface area (Å²) in [7, 11) is -4.86. The number of nitrogen functional groups attached to an aromatic ring is 1. The zero-order valence-corrected chi connectivity index (χ0v) is 19.3. The van der Waals surface area contributed by atoms with E-state index in [1.54, 1.807) is 0 Å². The molecular weight excluding hydrogens is 500 g/mol. The van der Waals surface area contributed by atoms with Gasteiger partial charge in [0.2, 0.25) is 5.43 Å². The topological polar surface area (TPSA) is 248 Å². The molecule has 0 saturated heterocycles. The number of anilines is 1. The van der Waals surface area contributed by atoms with Gasteiger partial charge in [-0.3, -0.25) is 14.1 Å². The summed E-state index contributed by atoms with van der Waals surface area (Å²) < 4.78 is 34.9. The number of rotatable bonds is 11. The zero-order valence-electron chi connectivity index (χ0n) is 17.7. The van der Waals surface area contributed by atoms with Crippen molar-refractivity contribution < 1.29 is 42.3 Å². The molecule has 0 bridgehead atoms. The number of thiazole rings is 1. The third kappa shape index (κ3) is 7.37. The van der Waals surface area contributed by atoms with Crippen LogP contribution < -0.4 is 22.0 Å². The molecule has 16 nitrogen and oxygen atoms in total. The number of hydrogen-bond donors (Lipinski definition) is 7. The van der Waals surface area contributed by atoms with Crippen LogP contribution >= 0.6 is 11.3 Å². The van der Waals surface area contributed by atoms with E-state index in [-0.39, 0.29) is 16.5 Å². The standard InChI is InChI=1S/C16H22N6O10S2/c1-16(2,21-32-34(28,29)30)12(5-23)19-14(26)13(9-7-33-15(17)18-9)20-31-6-8-3-10(24)11(25)4-22(8)27/h3-4,7,12,21,23,25,27H,5-6H2,1-2H3,(H2,17,18)(H,19,26)(H,28,29,30)/b20-13-. The Morgan fingerprint density at radius 1 is 1.44 bits per heavy atom. The Morgan fingerprint density at radius 2 is 2.12 bits per heavy atom. The molecule has 0 aliphatic heterocycles. The van der Waals surface area contributed by atoms with Crippen LogP contribution in [0.4, 0.5) is 5.13 Å². The molecule has 1 atom stereocenters. The molecule has 0 fully saturated rings. The highest BCUT2D eigenvalue weighted by Gasteiger charge is 2.34. The summed E-state index contributed by atoms with van der Waals surface area (Å²) in [5.41, 5.74) is 4.88. The first-order chi connectivity index (χ1) is 15.7.